The van der Waals surface area contributed by atoms with Crippen molar-refractivity contribution >= 4 is 17.2 Å². The van der Waals surface area contributed by atoms with Gasteiger partial charge in [0, 0.05) is 17.2 Å². The molecule has 0 aromatic heterocycles. The number of carbonyl (C=O) groups excluding carboxylic acids is 1. The summed E-state index contributed by atoms with van der Waals surface area (Å²) in [6.45, 7) is 3.19. The number of nitrogens with one attached hydrogen (secondary N) is 1. The summed E-state index contributed by atoms with van der Waals surface area (Å²) in [6.07, 6.45) is 3.44. The van der Waals surface area contributed by atoms with Crippen LogP contribution in [0, 0.1) is 0 Å². The summed E-state index contributed by atoms with van der Waals surface area (Å²) in [5.41, 5.74) is 13.5. The minimum absolute atomic E-state index is 0.0808. The molecule has 2 unspecified atom stereocenters. The Hall–Kier alpha value is -2.53. The second kappa shape index (κ2) is 7.57. The highest BCUT2D eigenvalue weighted by Gasteiger charge is 2.24. The van der Waals surface area contributed by atoms with E-state index in [2.05, 4.69) is 12.2 Å². The molecule has 1 heterocycles. The van der Waals surface area contributed by atoms with Crippen molar-refractivity contribution in [1.82, 2.24) is 5.32 Å². The van der Waals surface area contributed by atoms with Crippen molar-refractivity contribution in [2.24, 2.45) is 0 Å². The number of nitrogen functional groups attached to an aromatic ring is 2. The summed E-state index contributed by atoms with van der Waals surface area (Å²) in [7, 11) is 0. The van der Waals surface area contributed by atoms with Crippen LogP contribution < -0.4 is 21.5 Å². The summed E-state index contributed by atoms with van der Waals surface area (Å²) in [5.74, 6) is 0.705. The zero-order chi connectivity index (χ0) is 17.8. The molecule has 0 radical (unpaired) electrons. The third kappa shape index (κ3) is 3.94. The van der Waals surface area contributed by atoms with Crippen molar-refractivity contribution in [2.75, 3.05) is 18.0 Å². The monoisotopic (exact) mass is 339 g/mol. The average Bonchev–Trinajstić information content (AvgIpc) is 3.16. The third-order valence-corrected chi connectivity index (χ3v) is 4.70. The van der Waals surface area contributed by atoms with Crippen molar-refractivity contribution in [2.45, 2.75) is 38.3 Å². The highest BCUT2D eigenvalue weighted by atomic mass is 16.5. The van der Waals surface area contributed by atoms with Crippen LogP contribution >= 0.6 is 0 Å². The van der Waals surface area contributed by atoms with Gasteiger partial charge < -0.3 is 21.5 Å². The molecule has 2 aromatic carbocycles. The second-order valence-corrected chi connectivity index (χ2v) is 6.46. The second-order valence-electron chi connectivity index (χ2n) is 6.46. The predicted octanol–water partition coefficient (Wildman–Crippen LogP) is 2.99. The van der Waals surface area contributed by atoms with Crippen LogP contribution in [-0.4, -0.2) is 24.5 Å². The van der Waals surface area contributed by atoms with E-state index in [9.17, 15) is 4.79 Å². The summed E-state index contributed by atoms with van der Waals surface area (Å²) in [6, 6.07) is 12.7. The Balaban J connectivity index is 1.70. The molecule has 1 aliphatic heterocycles. The zero-order valence-electron chi connectivity index (χ0n) is 14.5. The van der Waals surface area contributed by atoms with Gasteiger partial charge in [-0.3, -0.25) is 4.79 Å². The number of hydrogen-bond acceptors (Lipinski definition) is 5. The van der Waals surface area contributed by atoms with E-state index in [1.165, 1.54) is 6.42 Å². The fourth-order valence-corrected chi connectivity index (χ4v) is 3.22. The van der Waals surface area contributed by atoms with Crippen LogP contribution in [0.3, 0.4) is 0 Å². The topological polar surface area (TPSA) is 90.4 Å². The molecule has 2 aromatic rings. The maximum absolute atomic E-state index is 12.6. The van der Waals surface area contributed by atoms with Crippen LogP contribution in [0.25, 0.3) is 0 Å². The van der Waals surface area contributed by atoms with Crippen LogP contribution in [0.1, 0.15) is 42.1 Å². The summed E-state index contributed by atoms with van der Waals surface area (Å²) in [4.78, 5) is 12.6. The number of carbonyl (C=O) groups is 1. The first-order chi connectivity index (χ1) is 12.1. The van der Waals surface area contributed by atoms with Gasteiger partial charge in [-0.05, 0) is 68.3 Å². The maximum atomic E-state index is 12.6. The molecule has 5 nitrogen and oxygen atoms in total. The van der Waals surface area contributed by atoms with Gasteiger partial charge in [-0.1, -0.05) is 6.92 Å². The lowest BCUT2D eigenvalue weighted by Crippen LogP contribution is -2.38. The van der Waals surface area contributed by atoms with Gasteiger partial charge in [-0.25, -0.2) is 0 Å². The van der Waals surface area contributed by atoms with E-state index >= 15 is 0 Å². The van der Waals surface area contributed by atoms with Crippen LogP contribution in [0.2, 0.25) is 0 Å². The Labute approximate surface area is 148 Å². The number of rotatable bonds is 6. The van der Waals surface area contributed by atoms with Crippen molar-refractivity contribution in [3.63, 3.8) is 0 Å². The van der Waals surface area contributed by atoms with Gasteiger partial charge in [0.25, 0.3) is 0 Å². The first-order valence-corrected chi connectivity index (χ1v) is 8.78. The highest BCUT2D eigenvalue weighted by Crippen LogP contribution is 2.22. The molecule has 0 spiro atoms. The van der Waals surface area contributed by atoms with Crippen molar-refractivity contribution in [3.8, 4) is 5.75 Å². The quantitative estimate of drug-likeness (QED) is 0.556. The van der Waals surface area contributed by atoms with Gasteiger partial charge in [-0.2, -0.15) is 0 Å². The highest BCUT2D eigenvalue weighted by molar-refractivity contribution is 6.09. The van der Waals surface area contributed by atoms with Gasteiger partial charge in [0.05, 0.1) is 11.4 Å². The zero-order valence-corrected chi connectivity index (χ0v) is 14.5. The fraction of sp³-hybridized carbons (Fsp3) is 0.350. The van der Waals surface area contributed by atoms with Crippen LogP contribution in [0.4, 0.5) is 11.4 Å². The molecule has 0 saturated carbocycles. The number of benzene rings is 2. The van der Waals surface area contributed by atoms with Crippen molar-refractivity contribution < 1.29 is 9.53 Å². The van der Waals surface area contributed by atoms with Gasteiger partial charge in [0.15, 0.2) is 5.78 Å². The molecule has 1 aliphatic rings. The lowest BCUT2D eigenvalue weighted by molar-refractivity contribution is 0.103. The van der Waals surface area contributed by atoms with Crippen molar-refractivity contribution in [1.29, 1.82) is 0 Å². The predicted molar refractivity (Wildman–Crippen MR) is 101 cm³/mol. The minimum atomic E-state index is -0.0808. The number of ether oxygens (including phenoxy) is 1. The first-order valence-electron chi connectivity index (χ1n) is 8.78. The lowest BCUT2D eigenvalue weighted by Gasteiger charge is -2.24. The van der Waals surface area contributed by atoms with E-state index in [0.29, 0.717) is 28.5 Å². The number of nitrogens with two attached hydrogens (primary N) is 2. The SMILES string of the molecule is CCC(Oc1ccc(C(=O)c2ccc(N)c(N)c2)cc1)C1CCCN1. The van der Waals surface area contributed by atoms with Gasteiger partial charge in [0.1, 0.15) is 11.9 Å². The van der Waals surface area contributed by atoms with E-state index < -0.39 is 0 Å². The van der Waals surface area contributed by atoms with E-state index in [1.54, 1.807) is 30.3 Å². The summed E-state index contributed by atoms with van der Waals surface area (Å²) >= 11 is 0. The molecule has 0 bridgehead atoms. The molecule has 5 N–H and O–H groups in total. The van der Waals surface area contributed by atoms with Gasteiger partial charge in [-0.15, -0.1) is 0 Å². The summed E-state index contributed by atoms with van der Waals surface area (Å²) < 4.78 is 6.11. The lowest BCUT2D eigenvalue weighted by atomic mass is 10.0. The minimum Gasteiger partial charge on any atom is -0.489 e. The van der Waals surface area contributed by atoms with E-state index in [1.807, 2.05) is 12.1 Å². The molecule has 5 heteroatoms. The Kier molecular flexibility index (Phi) is 5.24. The van der Waals surface area contributed by atoms with Gasteiger partial charge >= 0.3 is 0 Å². The molecule has 132 valence electrons. The van der Waals surface area contributed by atoms with Crippen LogP contribution in [-0.2, 0) is 0 Å². The maximum Gasteiger partial charge on any atom is 0.193 e. The normalized spacial score (nSPS) is 18.0. The first kappa shape index (κ1) is 17.3. The largest absolute Gasteiger partial charge is 0.489 e. The Bertz CT molecular complexity index is 737. The Morgan fingerprint density at radius 1 is 1.16 bits per heavy atom. The Morgan fingerprint density at radius 3 is 2.48 bits per heavy atom. The molecule has 0 amide bonds. The molecular formula is C20H25N3O2. The van der Waals surface area contributed by atoms with Crippen LogP contribution in [0.15, 0.2) is 42.5 Å². The van der Waals surface area contributed by atoms with E-state index in [-0.39, 0.29) is 11.9 Å². The molecule has 25 heavy (non-hydrogen) atoms. The van der Waals surface area contributed by atoms with Gasteiger partial charge in [0.2, 0.25) is 0 Å². The molecule has 3 rings (SSSR count). The van der Waals surface area contributed by atoms with Crippen molar-refractivity contribution in [3.05, 3.63) is 53.6 Å². The van der Waals surface area contributed by atoms with Crippen LogP contribution in [0.5, 0.6) is 5.75 Å². The average molecular weight is 339 g/mol. The van der Waals surface area contributed by atoms with E-state index in [4.69, 9.17) is 16.2 Å². The smallest absolute Gasteiger partial charge is 0.193 e. The Morgan fingerprint density at radius 2 is 1.88 bits per heavy atom. The third-order valence-electron chi connectivity index (χ3n) is 4.70. The molecule has 2 atom stereocenters. The fourth-order valence-electron chi connectivity index (χ4n) is 3.22. The summed E-state index contributed by atoms with van der Waals surface area (Å²) in [5, 5.41) is 3.49. The molecule has 1 saturated heterocycles. The number of hydrogen-bond donors (Lipinski definition) is 3. The molecule has 0 aliphatic carbocycles. The van der Waals surface area contributed by atoms with E-state index in [0.717, 1.165) is 25.1 Å². The number of ketones is 1. The standard InChI is InChI=1S/C20H25N3O2/c1-2-19(18-4-3-11-23-18)25-15-8-5-13(6-9-15)20(24)14-7-10-16(21)17(22)12-14/h5-10,12,18-19,23H,2-4,11,21-22H2,1H3. The molecule has 1 fully saturated rings. The molecular weight excluding hydrogens is 314 g/mol. The number of anilines is 2.